The fourth-order valence-electron chi connectivity index (χ4n) is 15.4. The Morgan fingerprint density at radius 1 is 0.383 bits per heavy atom. The van der Waals surface area contributed by atoms with Crippen molar-refractivity contribution >= 4 is 145 Å². The summed E-state index contributed by atoms with van der Waals surface area (Å²) in [6.45, 7) is 25.3. The molecule has 0 atom stereocenters. The summed E-state index contributed by atoms with van der Waals surface area (Å²) in [7, 11) is -3.20. The van der Waals surface area contributed by atoms with Crippen molar-refractivity contribution in [1.29, 1.82) is 0 Å². The Morgan fingerprint density at radius 3 is 1.09 bits per heavy atom. The van der Waals surface area contributed by atoms with E-state index in [1.807, 2.05) is 218 Å². The Bertz CT molecular complexity index is 7970. The number of hydrogen-bond acceptors (Lipinski definition) is 31. The van der Waals surface area contributed by atoms with Gasteiger partial charge in [0.2, 0.25) is 23.5 Å². The van der Waals surface area contributed by atoms with Gasteiger partial charge in [0.1, 0.15) is 21.4 Å². The van der Waals surface area contributed by atoms with Crippen molar-refractivity contribution in [3.63, 3.8) is 0 Å². The first kappa shape index (κ1) is 111. The summed E-state index contributed by atoms with van der Waals surface area (Å²) in [5, 5.41) is 82.5. The Morgan fingerprint density at radius 2 is 0.738 bits per heavy atom. The van der Waals surface area contributed by atoms with Gasteiger partial charge < -0.3 is 124 Å². The molecule has 22 aromatic rings. The molecule has 50 heteroatoms. The normalized spacial score (nSPS) is 12.9. The van der Waals surface area contributed by atoms with Crippen LogP contribution in [-0.2, 0) is 185 Å². The fraction of sp³-hybridized carbons (Fsp3) is 0.172. The van der Waals surface area contributed by atoms with Gasteiger partial charge in [-0.3, -0.25) is 10.2 Å². The van der Waals surface area contributed by atoms with Crippen LogP contribution in [0.1, 0.15) is 98.7 Å². The summed E-state index contributed by atoms with van der Waals surface area (Å²) in [4.78, 5) is 45.2. The maximum Gasteiger partial charge on any atom is 2.00 e. The summed E-state index contributed by atoms with van der Waals surface area (Å²) in [5.74, 6) is 6.16. The molecule has 18 aromatic heterocycles. The molecule has 0 fully saturated rings. The van der Waals surface area contributed by atoms with E-state index in [0.717, 1.165) is 122 Å². The van der Waals surface area contributed by atoms with Gasteiger partial charge in [0.05, 0.1) is 66.6 Å². The molecular formula is C99H86N30O5Pt5S8Si2. The number of para-hydroxylation sites is 4. The third-order valence-electron chi connectivity index (χ3n) is 23.8. The largest absolute Gasteiger partial charge is 2.00 e. The van der Waals surface area contributed by atoms with Gasteiger partial charge in [-0.1, -0.05) is 123 Å². The number of hydrogen-bond donors (Lipinski definition) is 2. The minimum Gasteiger partial charge on any atom is -0.786 e. The van der Waals surface area contributed by atoms with E-state index in [4.69, 9.17) is 94.4 Å². The smallest absolute Gasteiger partial charge is 0.786 e. The summed E-state index contributed by atoms with van der Waals surface area (Å²) < 4.78 is 32.8. The van der Waals surface area contributed by atoms with Crippen LogP contribution in [0.25, 0.3) is 113 Å². The molecule has 0 unspecified atom stereocenters. The molecule has 0 spiro atoms. The third-order valence-corrected chi connectivity index (χ3v) is 35.9. The van der Waals surface area contributed by atoms with Crippen LogP contribution in [0.15, 0.2) is 293 Å². The van der Waals surface area contributed by atoms with E-state index in [9.17, 15) is 10.2 Å². The van der Waals surface area contributed by atoms with E-state index in [1.165, 1.54) is 54.7 Å². The van der Waals surface area contributed by atoms with E-state index < -0.39 is 21.6 Å². The topological polar surface area (TPSA) is 404 Å². The van der Waals surface area contributed by atoms with Crippen LogP contribution in [0, 0.1) is 13.8 Å². The van der Waals surface area contributed by atoms with Crippen molar-refractivity contribution in [2.24, 2.45) is 0 Å². The molecule has 4 aromatic carbocycles. The first-order valence-corrected chi connectivity index (χ1v) is 56.4. The number of benzene rings is 4. The van der Waals surface area contributed by atoms with Crippen molar-refractivity contribution in [3.8, 4) is 101 Å². The second-order valence-electron chi connectivity index (χ2n) is 36.0. The number of oxazole rings is 2. The summed E-state index contributed by atoms with van der Waals surface area (Å²) >= 11 is 27.8. The van der Waals surface area contributed by atoms with E-state index in [1.54, 1.807) is 66.1 Å². The van der Waals surface area contributed by atoms with Gasteiger partial charge in [0, 0.05) is 171 Å². The average molecular weight is 3060 g/mol. The number of fused-ring (bicyclic) bond motifs is 2. The third kappa shape index (κ3) is 24.0. The van der Waals surface area contributed by atoms with E-state index in [0.29, 0.717) is 81.7 Å². The van der Waals surface area contributed by atoms with Crippen LogP contribution < -0.4 is 24.9 Å². The summed E-state index contributed by atoms with van der Waals surface area (Å²) in [5.41, 5.74) is 19.1. The van der Waals surface area contributed by atoms with Gasteiger partial charge in [-0.25, -0.2) is 48.3 Å². The number of thiophene rings is 2. The van der Waals surface area contributed by atoms with Crippen molar-refractivity contribution in [2.75, 3.05) is 0 Å². The van der Waals surface area contributed by atoms with Crippen LogP contribution in [0.2, 0.25) is 26.2 Å². The van der Waals surface area contributed by atoms with Gasteiger partial charge in [0.15, 0.2) is 21.8 Å². The van der Waals surface area contributed by atoms with E-state index in [-0.39, 0.29) is 136 Å². The number of thiazole rings is 2. The molecular weight excluding hydrogens is 2980 g/mol. The predicted molar refractivity (Wildman–Crippen MR) is 565 cm³/mol. The molecule has 20 heterocycles. The van der Waals surface area contributed by atoms with Crippen LogP contribution >= 0.6 is 45.3 Å². The molecule has 0 saturated heterocycles. The fourth-order valence-corrected chi connectivity index (χ4v) is 22.7. The van der Waals surface area contributed by atoms with Gasteiger partial charge >= 0.3 is 84.3 Å². The molecule has 24 rings (SSSR count). The standard InChI is InChI=1S/C27H22N6O2S2.C22H16N8.C21H28N4S2Si2.C15H14N8S2.C14H10N4O3S2.5Pt/c1-27(2,19-13-15-32(30-19)21-25(36)34-23(28-21)17-9-5-3-6-10-17)20-14-16-33(31-20)22-26(37)35-24(29-22)18-11-7-4-8-12-18;1-2-6-18-17(5-1)23-21(24-18)29-13-11-15(27-29)9-10-16-12-14-30(28-16)22-25-19-7-3-4-8-20(19)26-22;1-21(2,17-7-11-24(22-17)15-9-13-28(3,4)19(15)26)18-8-12-25(23-18)16-10-14-29(5,6)20(16)27;1-7-16-11(22-20-7)13-18-9(5-24-13)15(3,4)10-6-25-14(19-10)12-17-8(2)21-23-12;19-13-9(3-7-22-13)17-5-1-11(15-17)21-12-2-6-18(16-12)10-4-8-23-14(10)20;;;;;/h3-16,36-37H,1-2H3;1-8,11-14H,9-10H2;7-14,26-27H,1-6H3;5-6H,1-4H3;1-8,19-20H;;;;;/q;-2;;-2;;;4*+2/p-4. The number of rotatable bonds is 23. The number of ether oxygens (including phenoxy) is 1. The van der Waals surface area contributed by atoms with E-state index in [2.05, 4.69) is 170 Å². The SMILES string of the molecule is CC(C)(c1ccn(-c2nc(-c3ccccc3)oc2[S-])n1)c1ccn(-c2nc(-c3ccccc3)oc2[S-])n1.CC(C)(c1ccn(C2=C([S-])[Si](C)(C)C=C2)n1)c1ccn(C2=C([S-])[Si](C)(C)C=C2)n1.Cc1n[n-]c(-c2nc(C(C)(C)c3csc(-c4nc(C)n[n-]4)n3)cs2)n1.Oc1sccc1-n1ccc(Oc2ccn(-c3ccsc3O)n2)n1.[Pt+2].[Pt+2].[Pt+2].[Pt+2].[Pt].c1ccc2[n-]c(-n3ccc(CCc4ccn(-c5nc6ccccc6[n-]5)n4)n3)nc2c1. The molecule has 2 N–H and O–H groups in total. The van der Waals surface area contributed by atoms with Gasteiger partial charge in [-0.15, -0.1) is 55.5 Å². The predicted octanol–water partition coefficient (Wildman–Crippen LogP) is 18.7. The second kappa shape index (κ2) is 46.4. The Balaban J connectivity index is 0.000000139. The number of aryl methyl sites for hydroxylation is 4. The molecule has 0 bridgehead atoms. The minimum absolute atomic E-state index is 0. The van der Waals surface area contributed by atoms with Crippen LogP contribution in [0.3, 0.4) is 0 Å². The number of imidazole rings is 2. The molecule has 149 heavy (non-hydrogen) atoms. The van der Waals surface area contributed by atoms with Crippen molar-refractivity contribution < 1.29 is 129 Å². The molecule has 0 radical (unpaired) electrons. The maximum atomic E-state index is 9.72. The Hall–Kier alpha value is -12.0. The zero-order valence-corrected chi connectivity index (χ0v) is 101. The number of nitrogens with zero attached hydrogens (tertiary/aromatic N) is 30. The van der Waals surface area contributed by atoms with Crippen LogP contribution in [-0.4, -0.2) is 155 Å². The quantitative estimate of drug-likeness (QED) is 0.0443. The van der Waals surface area contributed by atoms with Crippen LogP contribution in [0.5, 0.6) is 21.9 Å². The van der Waals surface area contributed by atoms with Gasteiger partial charge in [-0.05, 0) is 188 Å². The summed E-state index contributed by atoms with van der Waals surface area (Å²) in [6.07, 6.45) is 20.6. The maximum absolute atomic E-state index is 9.72. The van der Waals surface area contributed by atoms with E-state index >= 15 is 0 Å². The van der Waals surface area contributed by atoms with Crippen molar-refractivity contribution in [3.05, 3.63) is 331 Å². The molecule has 0 amide bonds. The molecule has 35 nitrogen and oxygen atoms in total. The zero-order valence-electron chi connectivity index (χ0n) is 80.7. The van der Waals surface area contributed by atoms with Crippen molar-refractivity contribution in [2.45, 2.75) is 121 Å². The zero-order chi connectivity index (χ0) is 100. The monoisotopic (exact) mass is 3060 g/mol. The number of aromatic hydroxyl groups is 2. The Labute approximate surface area is 965 Å². The second-order valence-corrected chi connectivity index (χ2v) is 50.3. The number of aromatic nitrogens is 30. The first-order valence-electron chi connectivity index (χ1n) is 45.1. The minimum atomic E-state index is -1.60. The molecule has 768 valence electrons. The summed E-state index contributed by atoms with van der Waals surface area (Å²) in [6, 6.07) is 53.7. The van der Waals surface area contributed by atoms with Gasteiger partial charge in [-0.2, -0.15) is 39.4 Å². The Kier molecular flexibility index (Phi) is 34.6. The van der Waals surface area contributed by atoms with Crippen LogP contribution in [0.4, 0.5) is 0 Å². The molecule has 0 saturated carbocycles. The molecule has 0 aliphatic carbocycles. The molecule has 2 aliphatic rings. The molecule has 2 aliphatic heterocycles. The van der Waals surface area contributed by atoms with Crippen molar-refractivity contribution in [1.82, 2.24) is 148 Å². The van der Waals surface area contributed by atoms with Gasteiger partial charge in [0.25, 0.3) is 0 Å². The number of allylic oxidation sites excluding steroid dienone is 4. The average Bonchev–Trinajstić information content (AvgIpc) is 1.61. The first-order chi connectivity index (χ1) is 69.3.